The van der Waals surface area contributed by atoms with Gasteiger partial charge in [-0.2, -0.15) is 11.8 Å². The van der Waals surface area contributed by atoms with Crippen molar-refractivity contribution in [2.24, 2.45) is 11.5 Å². The highest BCUT2D eigenvalue weighted by Crippen LogP contribution is 2.11. The quantitative estimate of drug-likeness (QED) is 0.233. The number of nitrogens with two attached hydrogens (primary N) is 2. The first-order chi connectivity index (χ1) is 14.1. The predicted octanol–water partition coefficient (Wildman–Crippen LogP) is -0.665. The Kier molecular flexibility index (Phi) is 10.7. The highest BCUT2D eigenvalue weighted by Gasteiger charge is 2.28. The van der Waals surface area contributed by atoms with Crippen molar-refractivity contribution in [1.82, 2.24) is 10.6 Å². The van der Waals surface area contributed by atoms with Gasteiger partial charge in [0.25, 0.3) is 0 Å². The highest BCUT2D eigenvalue weighted by atomic mass is 32.2. The number of carbonyl (C=O) groups excluding carboxylic acids is 3. The molecule has 0 aliphatic carbocycles. The Bertz CT molecular complexity index is 743. The molecule has 0 spiro atoms. The van der Waals surface area contributed by atoms with Gasteiger partial charge in [0.2, 0.25) is 17.7 Å². The third-order valence-electron chi connectivity index (χ3n) is 4.27. The third kappa shape index (κ3) is 9.14. The molecule has 0 fully saturated rings. The summed E-state index contributed by atoms with van der Waals surface area (Å²) in [6.45, 7) is 0. The molecule has 0 aliphatic rings. The van der Waals surface area contributed by atoms with E-state index in [0.29, 0.717) is 5.75 Å². The number of amides is 3. The number of carboxylic acid groups (broad SMARTS) is 1. The molecule has 0 aliphatic heterocycles. The Balaban J connectivity index is 2.76. The Morgan fingerprint density at radius 2 is 1.63 bits per heavy atom. The summed E-state index contributed by atoms with van der Waals surface area (Å²) in [6, 6.07) is 3.01. The van der Waals surface area contributed by atoms with Crippen LogP contribution in [0.3, 0.4) is 0 Å². The molecule has 0 radical (unpaired) electrons. The Hall–Kier alpha value is -2.79. The summed E-state index contributed by atoms with van der Waals surface area (Å²) in [7, 11) is 0. The lowest BCUT2D eigenvalue weighted by atomic mass is 10.0. The zero-order valence-corrected chi connectivity index (χ0v) is 17.5. The fourth-order valence-corrected chi connectivity index (χ4v) is 3.05. The highest BCUT2D eigenvalue weighted by molar-refractivity contribution is 7.98. The average Bonchev–Trinajstić information content (AvgIpc) is 2.69. The number of carbonyl (C=O) groups is 4. The first-order valence-corrected chi connectivity index (χ1v) is 10.7. The van der Waals surface area contributed by atoms with Crippen LogP contribution >= 0.6 is 11.8 Å². The van der Waals surface area contributed by atoms with Crippen LogP contribution < -0.4 is 22.1 Å². The second-order valence-corrected chi connectivity index (χ2v) is 7.71. The molecule has 3 unspecified atom stereocenters. The minimum atomic E-state index is -1.30. The summed E-state index contributed by atoms with van der Waals surface area (Å²) >= 11 is 1.46. The van der Waals surface area contributed by atoms with Crippen LogP contribution in [0.2, 0.25) is 0 Å². The summed E-state index contributed by atoms with van der Waals surface area (Å²) in [6.07, 6.45) is 1.95. The molecule has 30 heavy (non-hydrogen) atoms. The van der Waals surface area contributed by atoms with Crippen molar-refractivity contribution in [3.63, 3.8) is 0 Å². The number of rotatable bonds is 13. The van der Waals surface area contributed by atoms with E-state index in [-0.39, 0.29) is 31.4 Å². The lowest BCUT2D eigenvalue weighted by molar-refractivity contribution is -0.142. The maximum atomic E-state index is 12.6. The van der Waals surface area contributed by atoms with E-state index < -0.39 is 41.8 Å². The van der Waals surface area contributed by atoms with E-state index in [1.807, 2.05) is 6.26 Å². The lowest BCUT2D eigenvalue weighted by Crippen LogP contribution is -2.55. The number of thioether (sulfide) groups is 1. The molecule has 1 rings (SSSR count). The summed E-state index contributed by atoms with van der Waals surface area (Å²) in [5.41, 5.74) is 11.7. The molecule has 0 bridgehead atoms. The summed E-state index contributed by atoms with van der Waals surface area (Å²) < 4.78 is 0. The number of hydrogen-bond acceptors (Lipinski definition) is 7. The number of primary amides is 1. The van der Waals surface area contributed by atoms with Crippen molar-refractivity contribution in [3.8, 4) is 5.75 Å². The average molecular weight is 441 g/mol. The van der Waals surface area contributed by atoms with Crippen LogP contribution in [0, 0.1) is 0 Å². The standard InChI is InChI=1S/C19H28N4O6S/c1-30-9-8-14(18(27)23-15(19(28)29)6-7-16(21)25)22-17(26)13(20)10-11-2-4-12(24)5-3-11/h2-5,13-15,24H,6-10,20H2,1H3,(H2,21,25)(H,22,26)(H,23,27)(H,28,29). The van der Waals surface area contributed by atoms with Crippen molar-refractivity contribution in [3.05, 3.63) is 29.8 Å². The number of aromatic hydroxyl groups is 1. The number of phenolic OH excluding ortho intramolecular Hbond substituents is 1. The van der Waals surface area contributed by atoms with Gasteiger partial charge in [0.1, 0.15) is 17.8 Å². The summed E-state index contributed by atoms with van der Waals surface area (Å²) in [4.78, 5) is 47.3. The maximum absolute atomic E-state index is 12.6. The molecule has 3 atom stereocenters. The molecule has 166 valence electrons. The molecule has 8 N–H and O–H groups in total. The molecule has 0 aromatic heterocycles. The van der Waals surface area contributed by atoms with Gasteiger partial charge in [-0.3, -0.25) is 14.4 Å². The normalized spacial score (nSPS) is 13.7. The number of aliphatic carboxylic acids is 1. The number of nitrogens with one attached hydrogen (secondary N) is 2. The molecule has 0 saturated carbocycles. The second-order valence-electron chi connectivity index (χ2n) is 6.72. The lowest BCUT2D eigenvalue weighted by Gasteiger charge is -2.22. The van der Waals surface area contributed by atoms with E-state index in [1.165, 1.54) is 23.9 Å². The molecular formula is C19H28N4O6S. The topological polar surface area (TPSA) is 185 Å². The second kappa shape index (κ2) is 12.7. The molecular weight excluding hydrogens is 412 g/mol. The zero-order chi connectivity index (χ0) is 22.7. The van der Waals surface area contributed by atoms with Crippen LogP contribution in [-0.2, 0) is 25.6 Å². The fraction of sp³-hybridized carbons (Fsp3) is 0.474. The first kappa shape index (κ1) is 25.2. The van der Waals surface area contributed by atoms with Gasteiger partial charge in [-0.1, -0.05) is 12.1 Å². The third-order valence-corrected chi connectivity index (χ3v) is 4.91. The van der Waals surface area contributed by atoms with Crippen LogP contribution in [0.15, 0.2) is 24.3 Å². The number of hydrogen-bond donors (Lipinski definition) is 6. The van der Waals surface area contributed by atoms with Crippen molar-refractivity contribution in [2.45, 2.75) is 43.8 Å². The molecule has 1 aromatic carbocycles. The van der Waals surface area contributed by atoms with Crippen LogP contribution in [0.25, 0.3) is 0 Å². The minimum Gasteiger partial charge on any atom is -0.508 e. The smallest absolute Gasteiger partial charge is 0.326 e. The van der Waals surface area contributed by atoms with E-state index in [2.05, 4.69) is 10.6 Å². The Morgan fingerprint density at radius 3 is 2.17 bits per heavy atom. The van der Waals surface area contributed by atoms with E-state index in [0.717, 1.165) is 5.56 Å². The van der Waals surface area contributed by atoms with E-state index in [4.69, 9.17) is 11.5 Å². The first-order valence-electron chi connectivity index (χ1n) is 9.28. The number of benzene rings is 1. The van der Waals surface area contributed by atoms with E-state index in [1.54, 1.807) is 12.1 Å². The van der Waals surface area contributed by atoms with Crippen LogP contribution in [-0.4, -0.2) is 64.0 Å². The molecule has 3 amide bonds. The molecule has 10 nitrogen and oxygen atoms in total. The van der Waals surface area contributed by atoms with E-state index >= 15 is 0 Å². The van der Waals surface area contributed by atoms with Crippen LogP contribution in [0.4, 0.5) is 0 Å². The predicted molar refractivity (Wildman–Crippen MR) is 113 cm³/mol. The summed E-state index contributed by atoms with van der Waals surface area (Å²) in [5.74, 6) is -2.58. The SMILES string of the molecule is CSCCC(NC(=O)C(N)Cc1ccc(O)cc1)C(=O)NC(CCC(N)=O)C(=O)O. The van der Waals surface area contributed by atoms with Crippen molar-refractivity contribution < 1.29 is 29.4 Å². The largest absolute Gasteiger partial charge is 0.508 e. The van der Waals surface area contributed by atoms with Gasteiger partial charge < -0.3 is 32.3 Å². The van der Waals surface area contributed by atoms with E-state index in [9.17, 15) is 29.4 Å². The molecule has 0 saturated heterocycles. The van der Waals surface area contributed by atoms with Gasteiger partial charge >= 0.3 is 5.97 Å². The van der Waals surface area contributed by atoms with Gasteiger partial charge in [-0.25, -0.2) is 4.79 Å². The minimum absolute atomic E-state index is 0.0925. The number of phenols is 1. The molecule has 11 heteroatoms. The van der Waals surface area contributed by atoms with Crippen molar-refractivity contribution in [2.75, 3.05) is 12.0 Å². The van der Waals surface area contributed by atoms with Crippen molar-refractivity contribution >= 4 is 35.5 Å². The van der Waals surface area contributed by atoms with Crippen molar-refractivity contribution in [1.29, 1.82) is 0 Å². The van der Waals surface area contributed by atoms with Gasteiger partial charge in [0.05, 0.1) is 6.04 Å². The Morgan fingerprint density at radius 1 is 1.03 bits per heavy atom. The van der Waals surface area contributed by atoms with Gasteiger partial charge in [-0.05, 0) is 49.0 Å². The Labute approximate surface area is 178 Å². The fourth-order valence-electron chi connectivity index (χ4n) is 2.58. The van der Waals surface area contributed by atoms with Crippen LogP contribution in [0.5, 0.6) is 5.75 Å². The van der Waals surface area contributed by atoms with Gasteiger partial charge in [-0.15, -0.1) is 0 Å². The zero-order valence-electron chi connectivity index (χ0n) is 16.7. The van der Waals surface area contributed by atoms with Gasteiger partial charge in [0, 0.05) is 6.42 Å². The molecule has 0 heterocycles. The monoisotopic (exact) mass is 440 g/mol. The number of carboxylic acids is 1. The summed E-state index contributed by atoms with van der Waals surface area (Å²) in [5, 5.41) is 23.5. The van der Waals surface area contributed by atoms with Crippen LogP contribution in [0.1, 0.15) is 24.8 Å². The van der Waals surface area contributed by atoms with Gasteiger partial charge in [0.15, 0.2) is 0 Å². The maximum Gasteiger partial charge on any atom is 0.326 e. The molecule has 1 aromatic rings.